The molecule has 3 rings (SSSR count). The molecule has 5 nitrogen and oxygen atoms in total. The fourth-order valence-electron chi connectivity index (χ4n) is 2.71. The molecule has 0 aromatic heterocycles. The first-order valence-corrected chi connectivity index (χ1v) is 9.62. The minimum atomic E-state index is -3.68. The number of hydrogen-bond donors (Lipinski definition) is 1. The Morgan fingerprint density at radius 3 is 2.67 bits per heavy atom. The van der Waals surface area contributed by atoms with E-state index < -0.39 is 15.5 Å². The van der Waals surface area contributed by atoms with Gasteiger partial charge in [-0.1, -0.05) is 29.8 Å². The maximum atomic E-state index is 13.1. The van der Waals surface area contributed by atoms with Crippen LogP contribution in [-0.2, 0) is 10.0 Å². The highest BCUT2D eigenvalue weighted by Crippen LogP contribution is 2.44. The third kappa shape index (κ3) is 3.22. The van der Waals surface area contributed by atoms with Gasteiger partial charge in [0.15, 0.2) is 0 Å². The summed E-state index contributed by atoms with van der Waals surface area (Å²) in [6.45, 7) is 0.725. The minimum absolute atomic E-state index is 0.401. The smallest absolute Gasteiger partial charge is 0.277 e. The molecule has 1 aliphatic rings. The molecule has 1 aliphatic heterocycles. The van der Waals surface area contributed by atoms with Crippen molar-refractivity contribution in [1.82, 2.24) is 5.32 Å². The Hall–Kier alpha value is -1.76. The van der Waals surface area contributed by atoms with E-state index in [1.165, 1.54) is 4.31 Å². The molecular weight excluding hydrogens is 348 g/mol. The van der Waals surface area contributed by atoms with Crippen molar-refractivity contribution in [2.45, 2.75) is 18.3 Å². The fourth-order valence-corrected chi connectivity index (χ4v) is 4.64. The number of nitrogens with one attached hydrogen (secondary N) is 1. The molecule has 1 N–H and O–H groups in total. The summed E-state index contributed by atoms with van der Waals surface area (Å²) in [4.78, 5) is 0. The number of hydrogen-bond acceptors (Lipinski definition) is 4. The standard InChI is InChI=1S/C17H19ClN2O3S/c1-19-11-5-8-17-23-16-12-13(18)9-10-15(16)20(24(17,21)22)14-6-3-2-4-7-14/h2-4,6-7,9-10,12,17,19H,5,8,11H2,1H3. The highest BCUT2D eigenvalue weighted by molar-refractivity contribution is 7.93. The molecule has 7 heteroatoms. The van der Waals surface area contributed by atoms with Crippen molar-refractivity contribution in [3.8, 4) is 5.75 Å². The van der Waals surface area contributed by atoms with E-state index in [9.17, 15) is 8.42 Å². The number of anilines is 2. The van der Waals surface area contributed by atoms with Gasteiger partial charge in [-0.05, 0) is 44.3 Å². The lowest BCUT2D eigenvalue weighted by Crippen LogP contribution is -2.43. The molecule has 0 fully saturated rings. The fraction of sp³-hybridized carbons (Fsp3) is 0.294. The molecule has 1 atom stereocenters. The average molecular weight is 367 g/mol. The molecule has 24 heavy (non-hydrogen) atoms. The number of ether oxygens (including phenoxy) is 1. The van der Waals surface area contributed by atoms with Crippen molar-refractivity contribution in [3.63, 3.8) is 0 Å². The lowest BCUT2D eigenvalue weighted by Gasteiger charge is -2.35. The Morgan fingerprint density at radius 1 is 1.21 bits per heavy atom. The van der Waals surface area contributed by atoms with Crippen molar-refractivity contribution in [2.24, 2.45) is 0 Å². The lowest BCUT2D eigenvalue weighted by atomic mass is 10.2. The van der Waals surface area contributed by atoms with E-state index >= 15 is 0 Å². The number of benzene rings is 2. The van der Waals surface area contributed by atoms with Gasteiger partial charge in [0.2, 0.25) is 5.44 Å². The Balaban J connectivity index is 2.07. The van der Waals surface area contributed by atoms with Gasteiger partial charge in [-0.2, -0.15) is 0 Å². The van der Waals surface area contributed by atoms with Crippen molar-refractivity contribution in [3.05, 3.63) is 53.6 Å². The van der Waals surface area contributed by atoms with Gasteiger partial charge in [0, 0.05) is 17.5 Å². The highest BCUT2D eigenvalue weighted by Gasteiger charge is 2.40. The van der Waals surface area contributed by atoms with Crippen LogP contribution >= 0.6 is 11.6 Å². The van der Waals surface area contributed by atoms with Crippen LogP contribution in [0.1, 0.15) is 12.8 Å². The zero-order chi connectivity index (χ0) is 17.2. The number of rotatable bonds is 5. The highest BCUT2D eigenvalue weighted by atomic mass is 35.5. The quantitative estimate of drug-likeness (QED) is 0.822. The van der Waals surface area contributed by atoms with Crippen LogP contribution in [0.5, 0.6) is 5.75 Å². The summed E-state index contributed by atoms with van der Waals surface area (Å²) in [7, 11) is -1.85. The van der Waals surface area contributed by atoms with E-state index in [-0.39, 0.29) is 0 Å². The molecule has 0 spiro atoms. The molecule has 2 aromatic rings. The monoisotopic (exact) mass is 366 g/mol. The van der Waals surface area contributed by atoms with Gasteiger partial charge in [0.1, 0.15) is 5.75 Å². The summed E-state index contributed by atoms with van der Waals surface area (Å²) in [5.41, 5.74) is 0.135. The van der Waals surface area contributed by atoms with E-state index in [1.807, 2.05) is 25.2 Å². The molecule has 0 bridgehead atoms. The van der Waals surface area contributed by atoms with Gasteiger partial charge in [0.25, 0.3) is 10.0 Å². The van der Waals surface area contributed by atoms with Gasteiger partial charge < -0.3 is 10.1 Å². The van der Waals surface area contributed by atoms with Crippen molar-refractivity contribution in [1.29, 1.82) is 0 Å². The summed E-state index contributed by atoms with van der Waals surface area (Å²) in [6, 6.07) is 14.0. The zero-order valence-electron chi connectivity index (χ0n) is 13.3. The summed E-state index contributed by atoms with van der Waals surface area (Å²) >= 11 is 6.06. The first kappa shape index (κ1) is 17.1. The minimum Gasteiger partial charge on any atom is -0.470 e. The second-order valence-corrected chi connectivity index (χ2v) is 7.91. The predicted molar refractivity (Wildman–Crippen MR) is 96.5 cm³/mol. The molecule has 1 heterocycles. The van der Waals surface area contributed by atoms with Crippen LogP contribution in [0.4, 0.5) is 11.4 Å². The second-order valence-electron chi connectivity index (χ2n) is 5.55. The third-order valence-corrected chi connectivity index (χ3v) is 5.99. The molecule has 0 saturated carbocycles. The SMILES string of the molecule is CNCCCC1Oc2cc(Cl)ccc2N(c2ccccc2)S1(=O)=O. The van der Waals surface area contributed by atoms with Crippen LogP contribution in [0.2, 0.25) is 5.02 Å². The predicted octanol–water partition coefficient (Wildman–Crippen LogP) is 3.53. The first-order chi connectivity index (χ1) is 11.5. The Morgan fingerprint density at radius 2 is 1.96 bits per heavy atom. The largest absolute Gasteiger partial charge is 0.470 e. The molecule has 128 valence electrons. The van der Waals surface area contributed by atoms with E-state index in [0.29, 0.717) is 35.0 Å². The molecule has 0 aliphatic carbocycles. The van der Waals surface area contributed by atoms with Gasteiger partial charge in [-0.15, -0.1) is 0 Å². The maximum Gasteiger partial charge on any atom is 0.277 e. The van der Waals surface area contributed by atoms with Crippen LogP contribution in [0.3, 0.4) is 0 Å². The molecular formula is C17H19ClN2O3S. The molecule has 0 amide bonds. The number of nitrogens with zero attached hydrogens (tertiary/aromatic N) is 1. The van der Waals surface area contributed by atoms with Crippen molar-refractivity contribution >= 4 is 33.0 Å². The first-order valence-electron chi connectivity index (χ1n) is 7.74. The normalized spacial score (nSPS) is 18.8. The number of sulfonamides is 1. The van der Waals surface area contributed by atoms with Crippen LogP contribution in [0, 0.1) is 0 Å². The Labute approximate surface area is 147 Å². The van der Waals surface area contributed by atoms with E-state index in [1.54, 1.807) is 30.3 Å². The number of para-hydroxylation sites is 1. The summed E-state index contributed by atoms with van der Waals surface area (Å²) < 4.78 is 33.3. The van der Waals surface area contributed by atoms with Crippen molar-refractivity contribution in [2.75, 3.05) is 17.9 Å². The zero-order valence-corrected chi connectivity index (χ0v) is 14.8. The van der Waals surface area contributed by atoms with Crippen LogP contribution in [-0.4, -0.2) is 27.4 Å². The molecule has 0 saturated heterocycles. The third-order valence-electron chi connectivity index (χ3n) is 3.84. The molecule has 1 unspecified atom stereocenters. The van der Waals surface area contributed by atoms with E-state index in [2.05, 4.69) is 5.32 Å². The maximum absolute atomic E-state index is 13.1. The van der Waals surface area contributed by atoms with E-state index in [4.69, 9.17) is 16.3 Å². The summed E-state index contributed by atoms with van der Waals surface area (Å²) in [5, 5.41) is 3.53. The number of fused-ring (bicyclic) bond motifs is 1. The van der Waals surface area contributed by atoms with Crippen LogP contribution in [0.25, 0.3) is 0 Å². The van der Waals surface area contributed by atoms with E-state index in [0.717, 1.165) is 6.54 Å². The second kappa shape index (κ2) is 7.01. The molecule has 2 aromatic carbocycles. The lowest BCUT2D eigenvalue weighted by molar-refractivity contribution is 0.254. The van der Waals surface area contributed by atoms with Gasteiger partial charge >= 0.3 is 0 Å². The Kier molecular flexibility index (Phi) is 4.99. The van der Waals surface area contributed by atoms with Gasteiger partial charge in [-0.3, -0.25) is 0 Å². The van der Waals surface area contributed by atoms with Crippen molar-refractivity contribution < 1.29 is 13.2 Å². The van der Waals surface area contributed by atoms with Gasteiger partial charge in [0.05, 0.1) is 11.4 Å². The molecule has 0 radical (unpaired) electrons. The van der Waals surface area contributed by atoms with Crippen LogP contribution < -0.4 is 14.4 Å². The number of halogens is 1. The van der Waals surface area contributed by atoms with Gasteiger partial charge in [-0.25, -0.2) is 12.7 Å². The summed E-state index contributed by atoms with van der Waals surface area (Å²) in [6.07, 6.45) is 1.09. The average Bonchev–Trinajstić information content (AvgIpc) is 2.56. The van der Waals surface area contributed by atoms with Crippen LogP contribution in [0.15, 0.2) is 48.5 Å². The Bertz CT molecular complexity index is 812. The summed E-state index contributed by atoms with van der Waals surface area (Å²) in [5.74, 6) is 0.482. The topological polar surface area (TPSA) is 58.6 Å².